The number of carbonyl (C=O) groups is 1. The summed E-state index contributed by atoms with van der Waals surface area (Å²) in [6, 6.07) is 5.00. The molecule has 0 atom stereocenters. The van der Waals surface area contributed by atoms with Crippen LogP contribution in [0.1, 0.15) is 18.4 Å². The molecule has 3 nitrogen and oxygen atoms in total. The van der Waals surface area contributed by atoms with E-state index in [0.717, 1.165) is 5.56 Å². The number of alkyl halides is 3. The smallest absolute Gasteiger partial charge is 0.362 e. The van der Waals surface area contributed by atoms with Gasteiger partial charge in [0.15, 0.2) is 0 Å². The first kappa shape index (κ1) is 16.4. The molecule has 1 aromatic rings. The number of benzene rings is 1. The van der Waals surface area contributed by atoms with Crippen LogP contribution < -0.4 is 5.32 Å². The summed E-state index contributed by atoms with van der Waals surface area (Å²) in [4.78, 5) is 11.6. The zero-order valence-corrected chi connectivity index (χ0v) is 12.3. The molecule has 1 aliphatic rings. The minimum Gasteiger partial charge on any atom is -0.362 e. The van der Waals surface area contributed by atoms with Crippen molar-refractivity contribution in [2.24, 2.45) is 0 Å². The van der Waals surface area contributed by atoms with Crippen molar-refractivity contribution in [2.75, 3.05) is 13.2 Å². The molecule has 1 aromatic carbocycles. The second kappa shape index (κ2) is 6.02. The molecular weight excluding hydrogens is 330 g/mol. The fourth-order valence-electron chi connectivity index (χ4n) is 1.97. The second-order valence-electron chi connectivity index (χ2n) is 4.87. The molecule has 0 aromatic heterocycles. The van der Waals surface area contributed by atoms with E-state index in [1.54, 1.807) is 18.2 Å². The fraction of sp³-hybridized carbons (Fsp3) is 0.462. The van der Waals surface area contributed by atoms with Gasteiger partial charge in [0, 0.05) is 0 Å². The summed E-state index contributed by atoms with van der Waals surface area (Å²) in [7, 11) is 0. The van der Waals surface area contributed by atoms with Crippen molar-refractivity contribution in [1.29, 1.82) is 0 Å². The summed E-state index contributed by atoms with van der Waals surface area (Å²) in [6.07, 6.45) is -3.06. The molecule has 0 radical (unpaired) electrons. The molecule has 8 heteroatoms. The lowest BCUT2D eigenvalue weighted by molar-refractivity contribution is -0.175. The molecule has 0 heterocycles. The van der Waals surface area contributed by atoms with Gasteiger partial charge in [-0.25, -0.2) is 0 Å². The zero-order valence-electron chi connectivity index (χ0n) is 10.8. The topological polar surface area (TPSA) is 38.3 Å². The molecule has 1 N–H and O–H groups in total. The number of halogens is 5. The molecule has 1 aliphatic carbocycles. The van der Waals surface area contributed by atoms with Gasteiger partial charge in [-0.05, 0) is 30.5 Å². The standard InChI is InChI=1S/C13H12Cl2F3NO2/c14-9-2-1-8(5-10(9)15)12(3-4-12)19-11(20)6-21-7-13(16,17)18/h1-2,5H,3-4,6-7H2,(H,19,20). The highest BCUT2D eigenvalue weighted by atomic mass is 35.5. The molecule has 116 valence electrons. The second-order valence-corrected chi connectivity index (χ2v) is 5.68. The molecule has 0 saturated heterocycles. The largest absolute Gasteiger partial charge is 0.411 e. The van der Waals surface area contributed by atoms with Gasteiger partial charge in [0.1, 0.15) is 13.2 Å². The molecule has 1 fully saturated rings. The van der Waals surface area contributed by atoms with Gasteiger partial charge < -0.3 is 10.1 Å². The van der Waals surface area contributed by atoms with Crippen LogP contribution in [-0.2, 0) is 15.1 Å². The summed E-state index contributed by atoms with van der Waals surface area (Å²) < 4.78 is 40.1. The molecule has 0 bridgehead atoms. The Hall–Kier alpha value is -0.980. The van der Waals surface area contributed by atoms with Gasteiger partial charge in [-0.15, -0.1) is 0 Å². The maximum atomic E-state index is 11.9. The molecule has 0 unspecified atom stereocenters. The number of ether oxygens (including phenoxy) is 1. The Kier molecular flexibility index (Phi) is 4.70. The predicted octanol–water partition coefficient (Wildman–Crippen LogP) is 3.68. The van der Waals surface area contributed by atoms with Crippen LogP contribution in [0.15, 0.2) is 18.2 Å². The van der Waals surface area contributed by atoms with E-state index in [1.807, 2.05) is 0 Å². The van der Waals surface area contributed by atoms with Gasteiger partial charge in [0.25, 0.3) is 0 Å². The lowest BCUT2D eigenvalue weighted by atomic mass is 10.1. The Morgan fingerprint density at radius 1 is 1.29 bits per heavy atom. The van der Waals surface area contributed by atoms with Gasteiger partial charge in [0.05, 0.1) is 15.6 Å². The van der Waals surface area contributed by atoms with E-state index in [1.165, 1.54) is 0 Å². The SMILES string of the molecule is O=C(COCC(F)(F)F)NC1(c2ccc(Cl)c(Cl)c2)CC1. The maximum Gasteiger partial charge on any atom is 0.411 e. The van der Waals surface area contributed by atoms with Gasteiger partial charge in [-0.2, -0.15) is 13.2 Å². The molecule has 0 aliphatic heterocycles. The Balaban J connectivity index is 1.92. The Bertz CT molecular complexity index is 545. The van der Waals surface area contributed by atoms with Crippen molar-refractivity contribution in [1.82, 2.24) is 5.32 Å². The van der Waals surface area contributed by atoms with Crippen LogP contribution >= 0.6 is 23.2 Å². The maximum absolute atomic E-state index is 11.9. The number of hydrogen-bond acceptors (Lipinski definition) is 2. The summed E-state index contributed by atoms with van der Waals surface area (Å²) >= 11 is 11.7. The number of nitrogens with one attached hydrogen (secondary N) is 1. The van der Waals surface area contributed by atoms with Gasteiger partial charge in [-0.1, -0.05) is 29.3 Å². The highest BCUT2D eigenvalue weighted by molar-refractivity contribution is 6.42. The third-order valence-electron chi connectivity index (χ3n) is 3.10. The van der Waals surface area contributed by atoms with Gasteiger partial charge in [-0.3, -0.25) is 4.79 Å². The summed E-state index contributed by atoms with van der Waals surface area (Å²) in [5.74, 6) is -0.595. The number of rotatable bonds is 5. The molecule has 0 spiro atoms. The minimum absolute atomic E-state index is 0.364. The monoisotopic (exact) mass is 341 g/mol. The van der Waals surface area contributed by atoms with Crippen LogP contribution in [0.4, 0.5) is 13.2 Å². The van der Waals surface area contributed by atoms with E-state index >= 15 is 0 Å². The lowest BCUT2D eigenvalue weighted by Crippen LogP contribution is -2.38. The lowest BCUT2D eigenvalue weighted by Gasteiger charge is -2.18. The van der Waals surface area contributed by atoms with Crippen molar-refractivity contribution in [3.63, 3.8) is 0 Å². The Morgan fingerprint density at radius 2 is 1.95 bits per heavy atom. The molecule has 21 heavy (non-hydrogen) atoms. The number of hydrogen-bond donors (Lipinski definition) is 1. The van der Waals surface area contributed by atoms with E-state index in [-0.39, 0.29) is 0 Å². The van der Waals surface area contributed by atoms with E-state index in [2.05, 4.69) is 10.1 Å². The average Bonchev–Trinajstić information content (AvgIpc) is 3.11. The Labute approximate surface area is 129 Å². The quantitative estimate of drug-likeness (QED) is 0.887. The van der Waals surface area contributed by atoms with E-state index in [4.69, 9.17) is 23.2 Å². The van der Waals surface area contributed by atoms with Crippen LogP contribution in [0.3, 0.4) is 0 Å². The van der Waals surface area contributed by atoms with Crippen molar-refractivity contribution in [3.8, 4) is 0 Å². The summed E-state index contributed by atoms with van der Waals surface area (Å²) in [5, 5.41) is 3.45. The van der Waals surface area contributed by atoms with E-state index in [0.29, 0.717) is 22.9 Å². The van der Waals surface area contributed by atoms with Crippen LogP contribution in [0.25, 0.3) is 0 Å². The van der Waals surface area contributed by atoms with Gasteiger partial charge in [0.2, 0.25) is 5.91 Å². The first-order chi connectivity index (χ1) is 9.72. The number of amides is 1. The third-order valence-corrected chi connectivity index (χ3v) is 3.84. The fourth-order valence-corrected chi connectivity index (χ4v) is 2.27. The van der Waals surface area contributed by atoms with Crippen molar-refractivity contribution < 1.29 is 22.7 Å². The Morgan fingerprint density at radius 3 is 2.48 bits per heavy atom. The normalized spacial score (nSPS) is 16.6. The number of carbonyl (C=O) groups excluding carboxylic acids is 1. The van der Waals surface area contributed by atoms with Crippen molar-refractivity contribution in [2.45, 2.75) is 24.6 Å². The molecule has 1 saturated carbocycles. The highest BCUT2D eigenvalue weighted by Gasteiger charge is 2.45. The predicted molar refractivity (Wildman–Crippen MR) is 72.4 cm³/mol. The van der Waals surface area contributed by atoms with Crippen LogP contribution in [0.2, 0.25) is 10.0 Å². The highest BCUT2D eigenvalue weighted by Crippen LogP contribution is 2.46. The van der Waals surface area contributed by atoms with Crippen molar-refractivity contribution >= 4 is 29.1 Å². The molecule has 1 amide bonds. The first-order valence-electron chi connectivity index (χ1n) is 6.13. The summed E-state index contributed by atoms with van der Waals surface area (Å²) in [5.41, 5.74) is 0.202. The molecular formula is C13H12Cl2F3NO2. The average molecular weight is 342 g/mol. The van der Waals surface area contributed by atoms with Crippen molar-refractivity contribution in [3.05, 3.63) is 33.8 Å². The van der Waals surface area contributed by atoms with E-state index < -0.39 is 30.8 Å². The van der Waals surface area contributed by atoms with Crippen LogP contribution in [0, 0.1) is 0 Å². The van der Waals surface area contributed by atoms with Crippen LogP contribution in [0.5, 0.6) is 0 Å². The molecule has 2 rings (SSSR count). The van der Waals surface area contributed by atoms with E-state index in [9.17, 15) is 18.0 Å². The van der Waals surface area contributed by atoms with Gasteiger partial charge >= 0.3 is 6.18 Å². The zero-order chi connectivity index (χ0) is 15.7. The minimum atomic E-state index is -4.44. The van der Waals surface area contributed by atoms with Crippen LogP contribution in [-0.4, -0.2) is 25.3 Å². The first-order valence-corrected chi connectivity index (χ1v) is 6.88. The third kappa shape index (κ3) is 4.49. The summed E-state index contributed by atoms with van der Waals surface area (Å²) in [6.45, 7) is -2.08.